The molecule has 0 atom stereocenters. The highest BCUT2D eigenvalue weighted by molar-refractivity contribution is 8.00. The third-order valence-electron chi connectivity index (χ3n) is 3.95. The first kappa shape index (κ1) is 25.2. The molecule has 9 nitrogen and oxygen atoms in total. The molecule has 2 amide bonds. The smallest absolute Gasteiger partial charge is 0.242 e. The molecule has 1 N–H and O–H groups in total. The molecule has 1 aromatic heterocycles. The number of amides is 2. The van der Waals surface area contributed by atoms with Crippen molar-refractivity contribution in [3.8, 4) is 0 Å². The second kappa shape index (κ2) is 11.6. The number of thioether (sulfide) groups is 1. The maximum atomic E-state index is 12.3. The van der Waals surface area contributed by atoms with E-state index >= 15 is 0 Å². The molecule has 0 fully saturated rings. The fourth-order valence-corrected chi connectivity index (χ4v) is 4.11. The lowest BCUT2D eigenvalue weighted by atomic mass is 10.2. The molecule has 3 rings (SSSR count). The van der Waals surface area contributed by atoms with E-state index in [1.807, 2.05) is 24.3 Å². The summed E-state index contributed by atoms with van der Waals surface area (Å²) in [6.45, 7) is 0. The van der Waals surface area contributed by atoms with E-state index in [0.717, 1.165) is 26.6 Å². The monoisotopic (exact) mass is 475 g/mol. The molecule has 0 aliphatic heterocycles. The molecule has 3 aromatic rings. The number of sulfonamides is 1. The first-order valence-electron chi connectivity index (χ1n) is 9.42. The minimum Gasteiger partial charge on any atom is -0.351 e. The molecule has 2 aromatic carbocycles. The van der Waals surface area contributed by atoms with Crippen LogP contribution in [0.25, 0.3) is 10.9 Å². The Hall–Kier alpha value is -3.02. The minimum absolute atomic E-state index is 0.125. The minimum atomic E-state index is -3.55. The first-order valence-corrected chi connectivity index (χ1v) is 11.8. The highest BCUT2D eigenvalue weighted by Crippen LogP contribution is 2.24. The zero-order chi connectivity index (χ0) is 23.7. The molecule has 0 bridgehead atoms. The van der Waals surface area contributed by atoms with Crippen LogP contribution >= 0.6 is 11.8 Å². The highest BCUT2D eigenvalue weighted by Gasteiger charge is 2.17. The van der Waals surface area contributed by atoms with Crippen LogP contribution in [0.3, 0.4) is 0 Å². The number of rotatable bonds is 7. The van der Waals surface area contributed by atoms with Gasteiger partial charge in [-0.2, -0.15) is 0 Å². The van der Waals surface area contributed by atoms with E-state index < -0.39 is 10.0 Å². The van der Waals surface area contributed by atoms with Gasteiger partial charge >= 0.3 is 0 Å². The van der Waals surface area contributed by atoms with Crippen molar-refractivity contribution in [2.24, 2.45) is 0 Å². The summed E-state index contributed by atoms with van der Waals surface area (Å²) in [5, 5.41) is 4.33. The van der Waals surface area contributed by atoms with Crippen molar-refractivity contribution >= 4 is 50.7 Å². The summed E-state index contributed by atoms with van der Waals surface area (Å²) in [5.74, 6) is -0.104. The molecule has 11 heteroatoms. The van der Waals surface area contributed by atoms with Crippen LogP contribution in [0.15, 0.2) is 64.8 Å². The molecular formula is C21H25N5O4S2. The molecule has 0 radical (unpaired) electrons. The van der Waals surface area contributed by atoms with Gasteiger partial charge in [0.1, 0.15) is 11.4 Å². The summed E-state index contributed by atoms with van der Waals surface area (Å²) in [6.07, 6.45) is 2.22. The van der Waals surface area contributed by atoms with Gasteiger partial charge in [0.05, 0.1) is 16.2 Å². The summed E-state index contributed by atoms with van der Waals surface area (Å²) in [7, 11) is 2.74. The number of fused-ring (bicyclic) bond motifs is 1. The van der Waals surface area contributed by atoms with Gasteiger partial charge < -0.3 is 10.2 Å². The van der Waals surface area contributed by atoms with Crippen LogP contribution in [0.5, 0.6) is 0 Å². The van der Waals surface area contributed by atoms with Crippen molar-refractivity contribution < 1.29 is 18.0 Å². The van der Waals surface area contributed by atoms with Gasteiger partial charge in [-0.15, -0.1) is 0 Å². The van der Waals surface area contributed by atoms with Crippen LogP contribution < -0.4 is 5.32 Å². The predicted octanol–water partition coefficient (Wildman–Crippen LogP) is 2.32. The zero-order valence-corrected chi connectivity index (χ0v) is 19.9. The molecule has 0 spiro atoms. The van der Waals surface area contributed by atoms with E-state index in [1.165, 1.54) is 49.2 Å². The van der Waals surface area contributed by atoms with Gasteiger partial charge in [-0.1, -0.05) is 36.0 Å². The molecule has 32 heavy (non-hydrogen) atoms. The van der Waals surface area contributed by atoms with Crippen LogP contribution in [-0.2, 0) is 19.6 Å². The number of nitrogens with zero attached hydrogens (tertiary/aromatic N) is 4. The molecule has 170 valence electrons. The van der Waals surface area contributed by atoms with Crippen molar-refractivity contribution in [3.05, 3.63) is 54.9 Å². The van der Waals surface area contributed by atoms with E-state index in [9.17, 15) is 18.0 Å². The Kier molecular flexibility index (Phi) is 9.12. The quantitative estimate of drug-likeness (QED) is 0.317. The standard InChI is InChI=1S/C18H18N4O3S2.C3H7NO/c1-22(2)27(24,25)14-7-5-6-13(10-14)21-17(23)11-26-18-15-8-3-4-9-16(15)19-12-20-18;1-4(2)3-5/h3-10,12H,11H2,1-2H3,(H,21,23);3H,1-2H3. The number of carbonyl (C=O) groups excluding carboxylic acids is 2. The fourth-order valence-electron chi connectivity index (χ4n) is 2.37. The van der Waals surface area contributed by atoms with Crippen LogP contribution in [0, 0.1) is 0 Å². The second-order valence-corrected chi connectivity index (χ2v) is 10.0. The van der Waals surface area contributed by atoms with Gasteiger partial charge in [-0.3, -0.25) is 9.59 Å². The van der Waals surface area contributed by atoms with Gasteiger partial charge in [-0.05, 0) is 24.3 Å². The second-order valence-electron chi connectivity index (χ2n) is 6.92. The van der Waals surface area contributed by atoms with Crippen molar-refractivity contribution in [2.45, 2.75) is 9.92 Å². The average molecular weight is 476 g/mol. The van der Waals surface area contributed by atoms with Gasteiger partial charge in [0, 0.05) is 39.3 Å². The SMILES string of the molecule is CN(C)C=O.CN(C)S(=O)(=O)c1cccc(NC(=O)CSc2ncnc3ccccc23)c1. The summed E-state index contributed by atoms with van der Waals surface area (Å²) in [5.41, 5.74) is 1.24. The number of nitrogens with one attached hydrogen (secondary N) is 1. The predicted molar refractivity (Wildman–Crippen MR) is 126 cm³/mol. The van der Waals surface area contributed by atoms with Gasteiger partial charge in [-0.25, -0.2) is 22.7 Å². The first-order chi connectivity index (χ1) is 15.1. The van der Waals surface area contributed by atoms with E-state index in [2.05, 4.69) is 15.3 Å². The van der Waals surface area contributed by atoms with Crippen LogP contribution in [0.2, 0.25) is 0 Å². The van der Waals surface area contributed by atoms with Crippen LogP contribution in [0.4, 0.5) is 5.69 Å². The maximum Gasteiger partial charge on any atom is 0.242 e. The molecule has 0 saturated heterocycles. The highest BCUT2D eigenvalue weighted by atomic mass is 32.2. The molecule has 0 unspecified atom stereocenters. The molecule has 0 saturated carbocycles. The number of hydrogen-bond acceptors (Lipinski definition) is 7. The number of para-hydroxylation sites is 1. The summed E-state index contributed by atoms with van der Waals surface area (Å²) < 4.78 is 25.5. The Morgan fingerprint density at radius 2 is 1.75 bits per heavy atom. The Labute approximate surface area is 191 Å². The van der Waals surface area contributed by atoms with Crippen LogP contribution in [0.1, 0.15) is 0 Å². The zero-order valence-electron chi connectivity index (χ0n) is 18.2. The Bertz CT molecular complexity index is 1180. The maximum absolute atomic E-state index is 12.3. The number of aromatic nitrogens is 2. The Morgan fingerprint density at radius 3 is 2.41 bits per heavy atom. The van der Waals surface area contributed by atoms with Gasteiger partial charge in [0.2, 0.25) is 22.3 Å². The normalized spacial score (nSPS) is 10.9. The number of hydrogen-bond donors (Lipinski definition) is 1. The number of benzene rings is 2. The number of anilines is 1. The van der Waals surface area contributed by atoms with E-state index in [4.69, 9.17) is 0 Å². The van der Waals surface area contributed by atoms with Gasteiger partial charge in [0.25, 0.3) is 0 Å². The average Bonchev–Trinajstić information content (AvgIpc) is 2.78. The lowest BCUT2D eigenvalue weighted by Crippen LogP contribution is -2.22. The van der Waals surface area contributed by atoms with Crippen molar-refractivity contribution in [3.63, 3.8) is 0 Å². The summed E-state index contributed by atoms with van der Waals surface area (Å²) >= 11 is 1.30. The van der Waals surface area contributed by atoms with Crippen molar-refractivity contribution in [1.82, 2.24) is 19.2 Å². The fraction of sp³-hybridized carbons (Fsp3) is 0.238. The van der Waals surface area contributed by atoms with E-state index in [1.54, 1.807) is 26.2 Å². The number of carbonyl (C=O) groups is 2. The van der Waals surface area contributed by atoms with Crippen LogP contribution in [-0.4, -0.2) is 73.9 Å². The largest absolute Gasteiger partial charge is 0.351 e. The lowest BCUT2D eigenvalue weighted by molar-refractivity contribution is -0.116. The van der Waals surface area contributed by atoms with Gasteiger partial charge in [0.15, 0.2) is 0 Å². The van der Waals surface area contributed by atoms with Crippen molar-refractivity contribution in [2.75, 3.05) is 39.3 Å². The molecule has 0 aliphatic rings. The third kappa shape index (κ3) is 7.01. The van der Waals surface area contributed by atoms with Crippen molar-refractivity contribution in [1.29, 1.82) is 0 Å². The molecular weight excluding hydrogens is 450 g/mol. The Balaban J connectivity index is 0.000000654. The lowest BCUT2D eigenvalue weighted by Gasteiger charge is -2.12. The summed E-state index contributed by atoms with van der Waals surface area (Å²) in [4.78, 5) is 31.7. The van der Waals surface area contributed by atoms with E-state index in [0.29, 0.717) is 5.69 Å². The molecule has 1 heterocycles. The third-order valence-corrected chi connectivity index (χ3v) is 6.77. The Morgan fingerprint density at radius 1 is 1.06 bits per heavy atom. The topological polar surface area (TPSA) is 113 Å². The molecule has 0 aliphatic carbocycles. The van der Waals surface area contributed by atoms with E-state index in [-0.39, 0.29) is 16.6 Å². The summed E-state index contributed by atoms with van der Waals surface area (Å²) in [6, 6.07) is 13.8.